The van der Waals surface area contributed by atoms with Crippen LogP contribution in [-0.2, 0) is 31.4 Å². The van der Waals surface area contributed by atoms with Gasteiger partial charge in [-0.2, -0.15) is 26.3 Å². The minimum Gasteiger partial charge on any atom is -0.489 e. The summed E-state index contributed by atoms with van der Waals surface area (Å²) in [6.45, 7) is 19.9. The van der Waals surface area contributed by atoms with Gasteiger partial charge in [-0.3, -0.25) is 9.59 Å². The molecule has 18 heteroatoms. The molecule has 2 fully saturated rings. The van der Waals surface area contributed by atoms with Crippen molar-refractivity contribution in [1.82, 2.24) is 0 Å². The first kappa shape index (κ1) is 45.0. The standard InChI is InChI=1S/C20H15F3N2O4.C20H15F3N2O3S.CH4/c1-12-4-7-14(8-5-12)28-11-19(2)17(26)25(18(27)29-19)13-6-9-16(24-3)15(10-13)20(21,22)23;1-12-4-7-14(8-5-12)27-11-19(2)17(26)25(18(29)28-19)13-6-9-16(24-3)15(10-13)20(21,22)23;/h2*4-10H,11H2,1-2H3;1H4. The van der Waals surface area contributed by atoms with Crippen molar-refractivity contribution in [1.29, 1.82) is 0 Å². The maximum atomic E-state index is 13.3. The van der Waals surface area contributed by atoms with Gasteiger partial charge in [0.1, 0.15) is 24.7 Å². The van der Waals surface area contributed by atoms with Crippen LogP contribution in [0.15, 0.2) is 84.9 Å². The molecule has 2 unspecified atom stereocenters. The minimum absolute atomic E-state index is 0. The first-order valence-corrected chi connectivity index (χ1v) is 17.2. The number of rotatable bonds is 8. The van der Waals surface area contributed by atoms with E-state index in [1.54, 1.807) is 36.4 Å². The Kier molecular flexibility index (Phi) is 13.0. The zero-order chi connectivity index (χ0) is 42.8. The molecule has 0 aromatic heterocycles. The highest BCUT2D eigenvalue weighted by Crippen LogP contribution is 2.42. The first-order chi connectivity index (χ1) is 27.1. The Balaban J connectivity index is 0.000000256. The summed E-state index contributed by atoms with van der Waals surface area (Å²) in [5.41, 5.74) is -5.22. The van der Waals surface area contributed by atoms with Crippen LogP contribution >= 0.6 is 12.2 Å². The molecule has 59 heavy (non-hydrogen) atoms. The number of anilines is 2. The molecule has 308 valence electrons. The Morgan fingerprint density at radius 1 is 0.644 bits per heavy atom. The van der Waals surface area contributed by atoms with Crippen LogP contribution in [0.5, 0.6) is 11.5 Å². The predicted molar refractivity (Wildman–Crippen MR) is 207 cm³/mol. The molecule has 0 N–H and O–H groups in total. The van der Waals surface area contributed by atoms with Crippen LogP contribution in [0.3, 0.4) is 0 Å². The summed E-state index contributed by atoms with van der Waals surface area (Å²) < 4.78 is 101. The molecule has 4 aromatic rings. The molecule has 2 aliphatic rings. The second-order valence-electron chi connectivity index (χ2n) is 13.3. The summed E-state index contributed by atoms with van der Waals surface area (Å²) in [4.78, 5) is 45.1. The summed E-state index contributed by atoms with van der Waals surface area (Å²) in [5.74, 6) is -0.560. The van der Waals surface area contributed by atoms with Crippen molar-refractivity contribution < 1.29 is 59.7 Å². The number of benzene rings is 4. The SMILES string of the molecule is C.[C-]#[N+]c1ccc(N2C(=O)C(C)(COc3ccc(C)cc3)OC2=S)cc1C(F)(F)F.[C-]#[N+]c1ccc(N2C(=O)OC(C)(COc3ccc(C)cc3)C2=O)cc1C(F)(F)F. The van der Waals surface area contributed by atoms with Crippen molar-refractivity contribution in [3.63, 3.8) is 0 Å². The number of hydrogen-bond acceptors (Lipinski definition) is 8. The van der Waals surface area contributed by atoms with Crippen molar-refractivity contribution in [3.05, 3.63) is 130 Å². The van der Waals surface area contributed by atoms with Gasteiger partial charge in [0.2, 0.25) is 11.2 Å². The van der Waals surface area contributed by atoms with E-state index in [4.69, 9.17) is 44.3 Å². The molecule has 0 radical (unpaired) electrons. The van der Waals surface area contributed by atoms with Crippen molar-refractivity contribution >= 4 is 58.0 Å². The smallest absolute Gasteiger partial charge is 0.422 e. The quantitative estimate of drug-likeness (QED) is 0.0982. The second-order valence-corrected chi connectivity index (χ2v) is 13.7. The van der Waals surface area contributed by atoms with Gasteiger partial charge in [-0.15, -0.1) is 0 Å². The first-order valence-electron chi connectivity index (χ1n) is 16.8. The summed E-state index contributed by atoms with van der Waals surface area (Å²) >= 11 is 5.08. The number of cyclic esters (lactones) is 1. The third-order valence-corrected chi connectivity index (χ3v) is 8.97. The van der Waals surface area contributed by atoms with Gasteiger partial charge in [0, 0.05) is 0 Å². The molecule has 2 atom stereocenters. The van der Waals surface area contributed by atoms with Gasteiger partial charge in [-0.25, -0.2) is 24.3 Å². The fourth-order valence-electron chi connectivity index (χ4n) is 5.52. The summed E-state index contributed by atoms with van der Waals surface area (Å²) in [7, 11) is 0. The van der Waals surface area contributed by atoms with Gasteiger partial charge in [0.25, 0.3) is 17.0 Å². The van der Waals surface area contributed by atoms with E-state index in [1.807, 2.05) is 26.0 Å². The monoisotopic (exact) mass is 840 g/mol. The number of hydrogen-bond donors (Lipinski definition) is 0. The molecule has 0 saturated carbocycles. The van der Waals surface area contributed by atoms with Crippen LogP contribution in [0.25, 0.3) is 9.69 Å². The van der Waals surface area contributed by atoms with Crippen LogP contribution < -0.4 is 19.3 Å². The lowest BCUT2D eigenvalue weighted by molar-refractivity contribution is -0.137. The van der Waals surface area contributed by atoms with E-state index in [1.165, 1.54) is 19.9 Å². The molecule has 0 aliphatic carbocycles. The largest absolute Gasteiger partial charge is 0.489 e. The van der Waals surface area contributed by atoms with Gasteiger partial charge in [0.05, 0.1) is 35.6 Å². The highest BCUT2D eigenvalue weighted by atomic mass is 32.1. The average Bonchev–Trinajstić information content (AvgIpc) is 3.54. The lowest BCUT2D eigenvalue weighted by atomic mass is 10.1. The Bertz CT molecular complexity index is 2190. The Labute approximate surface area is 340 Å². The van der Waals surface area contributed by atoms with E-state index in [0.29, 0.717) is 28.5 Å². The van der Waals surface area contributed by atoms with Crippen LogP contribution in [0.4, 0.5) is 53.9 Å². The van der Waals surface area contributed by atoms with E-state index < -0.39 is 64.0 Å². The summed E-state index contributed by atoms with van der Waals surface area (Å²) in [6, 6.07) is 19.6. The van der Waals surface area contributed by atoms with Crippen LogP contribution in [-0.4, -0.2) is 47.5 Å². The number of carbonyl (C=O) groups excluding carboxylic acids is 3. The Morgan fingerprint density at radius 3 is 1.41 bits per heavy atom. The zero-order valence-electron chi connectivity index (χ0n) is 30.8. The molecule has 6 rings (SSSR count). The Hall–Kier alpha value is -6.66. The molecule has 3 amide bonds. The number of aryl methyl sites for hydroxylation is 2. The van der Waals surface area contributed by atoms with Crippen molar-refractivity contribution in [2.75, 3.05) is 23.0 Å². The third kappa shape index (κ3) is 9.73. The molecule has 2 heterocycles. The van der Waals surface area contributed by atoms with E-state index in [0.717, 1.165) is 34.2 Å². The highest BCUT2D eigenvalue weighted by molar-refractivity contribution is 7.80. The molecule has 11 nitrogen and oxygen atoms in total. The average molecular weight is 841 g/mol. The van der Waals surface area contributed by atoms with Gasteiger partial charge < -0.3 is 18.9 Å². The molecule has 0 bridgehead atoms. The topological polar surface area (TPSA) is 103 Å². The lowest BCUT2D eigenvalue weighted by Crippen LogP contribution is -2.43. The van der Waals surface area contributed by atoms with Gasteiger partial charge >= 0.3 is 18.4 Å². The number of carbonyl (C=O) groups is 3. The molecule has 2 saturated heterocycles. The van der Waals surface area contributed by atoms with Gasteiger partial charge in [-0.05, 0) is 88.4 Å². The van der Waals surface area contributed by atoms with Crippen LogP contribution in [0.1, 0.15) is 43.5 Å². The number of nitrogens with zero attached hydrogens (tertiary/aromatic N) is 4. The van der Waals surface area contributed by atoms with Gasteiger partial charge in [-0.1, -0.05) is 55.0 Å². The minimum atomic E-state index is -4.82. The number of halogens is 6. The third-order valence-electron chi connectivity index (χ3n) is 8.70. The van der Waals surface area contributed by atoms with E-state index in [2.05, 4.69) is 9.69 Å². The number of amides is 3. The number of thiocarbonyl (C=S) groups is 1. The fraction of sp³-hybridized carbons (Fsp3) is 0.268. The Morgan fingerprint density at radius 2 is 1.02 bits per heavy atom. The molecular weight excluding hydrogens is 807 g/mol. The fourth-order valence-corrected chi connectivity index (χ4v) is 5.89. The molecular formula is C41H34F6N4O7S. The van der Waals surface area contributed by atoms with E-state index in [-0.39, 0.29) is 37.2 Å². The zero-order valence-corrected chi connectivity index (χ0v) is 31.6. The van der Waals surface area contributed by atoms with E-state index >= 15 is 0 Å². The molecule has 4 aromatic carbocycles. The normalized spacial score (nSPS) is 18.8. The molecule has 2 aliphatic heterocycles. The van der Waals surface area contributed by atoms with Crippen LogP contribution in [0.2, 0.25) is 0 Å². The van der Waals surface area contributed by atoms with Gasteiger partial charge in [0.15, 0.2) is 11.4 Å². The lowest BCUT2D eigenvalue weighted by Gasteiger charge is -2.21. The predicted octanol–water partition coefficient (Wildman–Crippen LogP) is 10.6. The molecule has 0 spiro atoms. The van der Waals surface area contributed by atoms with Crippen molar-refractivity contribution in [3.8, 4) is 11.5 Å². The van der Waals surface area contributed by atoms with Crippen LogP contribution in [0, 0.1) is 27.0 Å². The highest BCUT2D eigenvalue weighted by Gasteiger charge is 2.53. The van der Waals surface area contributed by atoms with Crippen molar-refractivity contribution in [2.45, 2.75) is 58.7 Å². The number of alkyl halides is 6. The second kappa shape index (κ2) is 17.1. The van der Waals surface area contributed by atoms with Crippen molar-refractivity contribution in [2.24, 2.45) is 0 Å². The summed E-state index contributed by atoms with van der Waals surface area (Å²) in [5, 5.41) is -0.284. The summed E-state index contributed by atoms with van der Waals surface area (Å²) in [6.07, 6.45) is -10.7. The van der Waals surface area contributed by atoms with E-state index in [9.17, 15) is 40.7 Å². The maximum absolute atomic E-state index is 13.3. The number of ether oxygens (including phenoxy) is 4. The maximum Gasteiger partial charge on any atom is 0.422 e. The number of imide groups is 1.